The average Bonchev–Trinajstić information content (AvgIpc) is 2.62. The topological polar surface area (TPSA) is 69.7 Å². The van der Waals surface area contributed by atoms with Crippen LogP contribution in [0.5, 0.6) is 0 Å². The SMILES string of the molecule is Cc1ccc(C)c(N(C(C)C(=O)NCCCN2CCC(C)CC2)S(C)(=O)=O)c1. The molecule has 1 aliphatic rings. The van der Waals surface area contributed by atoms with Crippen LogP contribution in [-0.2, 0) is 14.8 Å². The van der Waals surface area contributed by atoms with Gasteiger partial charge in [-0.2, -0.15) is 0 Å². The molecule has 1 atom stereocenters. The van der Waals surface area contributed by atoms with Crippen molar-refractivity contribution < 1.29 is 13.2 Å². The fraction of sp³-hybridized carbons (Fsp3) is 0.667. The maximum absolute atomic E-state index is 12.7. The van der Waals surface area contributed by atoms with Crippen molar-refractivity contribution in [2.45, 2.75) is 53.0 Å². The maximum atomic E-state index is 12.7. The largest absolute Gasteiger partial charge is 0.354 e. The van der Waals surface area contributed by atoms with Gasteiger partial charge in [0.05, 0.1) is 11.9 Å². The summed E-state index contributed by atoms with van der Waals surface area (Å²) in [4.78, 5) is 15.1. The van der Waals surface area contributed by atoms with Crippen LogP contribution in [-0.4, -0.2) is 57.7 Å². The van der Waals surface area contributed by atoms with Crippen molar-refractivity contribution in [1.29, 1.82) is 0 Å². The third-order valence-corrected chi connectivity index (χ3v) is 6.74. The molecule has 2 rings (SSSR count). The highest BCUT2D eigenvalue weighted by atomic mass is 32.2. The lowest BCUT2D eigenvalue weighted by Gasteiger charge is -2.31. The van der Waals surface area contributed by atoms with Gasteiger partial charge in [0.15, 0.2) is 0 Å². The van der Waals surface area contributed by atoms with Crippen molar-refractivity contribution in [1.82, 2.24) is 10.2 Å². The molecule has 0 aliphatic carbocycles. The van der Waals surface area contributed by atoms with Gasteiger partial charge in [-0.1, -0.05) is 19.1 Å². The van der Waals surface area contributed by atoms with Crippen LogP contribution in [0.3, 0.4) is 0 Å². The van der Waals surface area contributed by atoms with Crippen LogP contribution in [0, 0.1) is 19.8 Å². The number of benzene rings is 1. The summed E-state index contributed by atoms with van der Waals surface area (Å²) in [6.45, 7) is 11.5. The Morgan fingerprint density at radius 3 is 2.54 bits per heavy atom. The minimum atomic E-state index is -3.59. The number of amides is 1. The van der Waals surface area contributed by atoms with Crippen LogP contribution >= 0.6 is 0 Å². The minimum Gasteiger partial charge on any atom is -0.354 e. The first-order chi connectivity index (χ1) is 13.1. The molecule has 0 aromatic heterocycles. The second-order valence-electron chi connectivity index (χ2n) is 8.19. The molecule has 1 aromatic rings. The molecule has 0 saturated carbocycles. The van der Waals surface area contributed by atoms with Crippen molar-refractivity contribution in [2.24, 2.45) is 5.92 Å². The van der Waals surface area contributed by atoms with Crippen LogP contribution in [0.25, 0.3) is 0 Å². The van der Waals surface area contributed by atoms with Crippen LogP contribution in [0.4, 0.5) is 5.69 Å². The van der Waals surface area contributed by atoms with Crippen molar-refractivity contribution in [2.75, 3.05) is 36.7 Å². The Balaban J connectivity index is 1.95. The first kappa shape index (κ1) is 22.7. The van der Waals surface area contributed by atoms with Crippen molar-refractivity contribution in [3.8, 4) is 0 Å². The molecule has 1 aromatic carbocycles. The van der Waals surface area contributed by atoms with E-state index in [4.69, 9.17) is 0 Å². The maximum Gasteiger partial charge on any atom is 0.243 e. The molecular weight excluding hydrogens is 374 g/mol. The van der Waals surface area contributed by atoms with Crippen molar-refractivity contribution >= 4 is 21.6 Å². The molecule has 1 N–H and O–H groups in total. The Morgan fingerprint density at radius 1 is 1.29 bits per heavy atom. The quantitative estimate of drug-likeness (QED) is 0.670. The summed E-state index contributed by atoms with van der Waals surface area (Å²) in [5, 5.41) is 2.92. The summed E-state index contributed by atoms with van der Waals surface area (Å²) in [5.41, 5.74) is 2.35. The first-order valence-corrected chi connectivity index (χ1v) is 12.0. The van der Waals surface area contributed by atoms with Gasteiger partial charge in [-0.05, 0) is 82.8 Å². The summed E-state index contributed by atoms with van der Waals surface area (Å²) in [5.74, 6) is 0.544. The average molecular weight is 410 g/mol. The standard InChI is InChI=1S/C21H35N3O3S/c1-16-9-13-23(14-10-16)12-6-11-22-21(25)19(4)24(28(5,26)27)20-15-17(2)7-8-18(20)3/h7-8,15-16,19H,6,9-14H2,1-5H3,(H,22,25). The number of rotatable bonds is 8. The van der Waals surface area contributed by atoms with Gasteiger partial charge in [0, 0.05) is 6.54 Å². The number of likely N-dealkylation sites (tertiary alicyclic amines) is 1. The molecule has 0 bridgehead atoms. The van der Waals surface area contributed by atoms with E-state index in [9.17, 15) is 13.2 Å². The zero-order chi connectivity index (χ0) is 20.9. The summed E-state index contributed by atoms with van der Waals surface area (Å²) in [6, 6.07) is 4.84. The molecule has 0 radical (unpaired) electrons. The van der Waals surface area contributed by atoms with Gasteiger partial charge in [0.1, 0.15) is 6.04 Å². The Labute approximate surface area is 170 Å². The van der Waals surface area contributed by atoms with Gasteiger partial charge in [-0.3, -0.25) is 9.10 Å². The molecular formula is C21H35N3O3S. The second kappa shape index (κ2) is 9.74. The molecule has 1 heterocycles. The van der Waals surface area contributed by atoms with Gasteiger partial charge in [-0.15, -0.1) is 0 Å². The summed E-state index contributed by atoms with van der Waals surface area (Å²) in [6.07, 6.45) is 4.50. The lowest BCUT2D eigenvalue weighted by Crippen LogP contribution is -2.48. The van der Waals surface area contributed by atoms with E-state index in [1.165, 1.54) is 17.1 Å². The van der Waals surface area contributed by atoms with E-state index in [2.05, 4.69) is 17.1 Å². The number of piperidine rings is 1. The molecule has 6 nitrogen and oxygen atoms in total. The Bertz CT molecular complexity index is 771. The van der Waals surface area contributed by atoms with Crippen LogP contribution < -0.4 is 9.62 Å². The van der Waals surface area contributed by atoms with Gasteiger partial charge >= 0.3 is 0 Å². The Hall–Kier alpha value is -1.60. The fourth-order valence-corrected chi connectivity index (χ4v) is 4.91. The van der Waals surface area contributed by atoms with Crippen LogP contribution in [0.15, 0.2) is 18.2 Å². The zero-order valence-electron chi connectivity index (χ0n) is 17.9. The van der Waals surface area contributed by atoms with E-state index < -0.39 is 16.1 Å². The van der Waals surface area contributed by atoms with Crippen molar-refractivity contribution in [3.63, 3.8) is 0 Å². The first-order valence-electron chi connectivity index (χ1n) is 10.2. The minimum absolute atomic E-state index is 0.265. The normalized spacial score (nSPS) is 17.3. The zero-order valence-corrected chi connectivity index (χ0v) is 18.7. The third kappa shape index (κ3) is 6.21. The number of hydrogen-bond acceptors (Lipinski definition) is 4. The van der Waals surface area contributed by atoms with Gasteiger partial charge in [0.2, 0.25) is 15.9 Å². The number of carbonyl (C=O) groups excluding carboxylic acids is 1. The summed E-state index contributed by atoms with van der Waals surface area (Å²) >= 11 is 0. The summed E-state index contributed by atoms with van der Waals surface area (Å²) in [7, 11) is -3.59. The highest BCUT2D eigenvalue weighted by Gasteiger charge is 2.30. The lowest BCUT2D eigenvalue weighted by molar-refractivity contribution is -0.121. The fourth-order valence-electron chi connectivity index (χ4n) is 3.69. The van der Waals surface area contributed by atoms with E-state index in [1.54, 1.807) is 6.92 Å². The molecule has 1 fully saturated rings. The van der Waals surface area contributed by atoms with Crippen molar-refractivity contribution in [3.05, 3.63) is 29.3 Å². The van der Waals surface area contributed by atoms with Gasteiger partial charge in [0.25, 0.3) is 0 Å². The third-order valence-electron chi connectivity index (χ3n) is 5.52. The number of nitrogens with one attached hydrogen (secondary N) is 1. The molecule has 28 heavy (non-hydrogen) atoms. The highest BCUT2D eigenvalue weighted by Crippen LogP contribution is 2.26. The molecule has 1 saturated heterocycles. The lowest BCUT2D eigenvalue weighted by atomic mass is 9.99. The highest BCUT2D eigenvalue weighted by molar-refractivity contribution is 7.92. The van der Waals surface area contributed by atoms with E-state index in [1.807, 2.05) is 32.0 Å². The van der Waals surface area contributed by atoms with E-state index in [0.717, 1.165) is 49.4 Å². The molecule has 158 valence electrons. The second-order valence-corrected chi connectivity index (χ2v) is 10.1. The summed E-state index contributed by atoms with van der Waals surface area (Å²) < 4.78 is 26.1. The molecule has 1 aliphatic heterocycles. The number of hydrogen-bond donors (Lipinski definition) is 1. The number of sulfonamides is 1. The monoisotopic (exact) mass is 409 g/mol. The van der Waals surface area contributed by atoms with Crippen LogP contribution in [0.1, 0.15) is 44.2 Å². The Kier molecular flexibility index (Phi) is 7.89. The van der Waals surface area contributed by atoms with Gasteiger partial charge < -0.3 is 10.2 Å². The number of anilines is 1. The van der Waals surface area contributed by atoms with E-state index in [-0.39, 0.29) is 5.91 Å². The van der Waals surface area contributed by atoms with Gasteiger partial charge in [-0.25, -0.2) is 8.42 Å². The van der Waals surface area contributed by atoms with E-state index in [0.29, 0.717) is 12.2 Å². The predicted molar refractivity (Wildman–Crippen MR) is 115 cm³/mol. The van der Waals surface area contributed by atoms with Crippen LogP contribution in [0.2, 0.25) is 0 Å². The molecule has 0 spiro atoms. The Morgan fingerprint density at radius 2 is 1.93 bits per heavy atom. The number of carbonyl (C=O) groups is 1. The number of aryl methyl sites for hydroxylation is 2. The molecule has 1 unspecified atom stereocenters. The van der Waals surface area contributed by atoms with E-state index >= 15 is 0 Å². The number of nitrogens with zero attached hydrogens (tertiary/aromatic N) is 2. The molecule has 1 amide bonds. The molecule has 7 heteroatoms. The predicted octanol–water partition coefficient (Wildman–Crippen LogP) is 2.70. The smallest absolute Gasteiger partial charge is 0.243 e.